The minimum absolute atomic E-state index is 0.0258. The van der Waals surface area contributed by atoms with Crippen molar-refractivity contribution in [3.8, 4) is 5.75 Å². The molecule has 0 spiro atoms. The molecule has 0 aromatic heterocycles. The van der Waals surface area contributed by atoms with Gasteiger partial charge in [0.25, 0.3) is 0 Å². The average molecular weight is 215 g/mol. The van der Waals surface area contributed by atoms with Crippen molar-refractivity contribution in [2.24, 2.45) is 5.14 Å². The molecule has 78 valence electrons. The first-order valence-corrected chi connectivity index (χ1v) is 5.80. The summed E-state index contributed by atoms with van der Waals surface area (Å²) < 4.78 is 21.6. The molecule has 1 aromatic carbocycles. The van der Waals surface area contributed by atoms with Crippen LogP contribution in [-0.2, 0) is 15.8 Å². The zero-order chi connectivity index (χ0) is 10.9. The van der Waals surface area contributed by atoms with E-state index in [1.807, 2.05) is 13.8 Å². The first kappa shape index (κ1) is 11.0. The first-order valence-electron chi connectivity index (χ1n) is 4.09. The number of primary sulfonamides is 1. The number of hydrogen-bond acceptors (Lipinski definition) is 3. The molecule has 0 bridgehead atoms. The molecule has 14 heavy (non-hydrogen) atoms. The maximum Gasteiger partial charge on any atom is 0.213 e. The van der Waals surface area contributed by atoms with Crippen LogP contribution in [0.25, 0.3) is 0 Å². The van der Waals surface area contributed by atoms with Crippen molar-refractivity contribution in [1.29, 1.82) is 0 Å². The molecule has 0 saturated heterocycles. The summed E-state index contributed by atoms with van der Waals surface area (Å²) in [6, 6.07) is 3.17. The second kappa shape index (κ2) is 3.59. The third-order valence-corrected chi connectivity index (χ3v) is 2.77. The number of sulfonamides is 1. The maximum atomic E-state index is 10.8. The van der Waals surface area contributed by atoms with E-state index >= 15 is 0 Å². The van der Waals surface area contributed by atoms with Crippen molar-refractivity contribution >= 4 is 10.0 Å². The topological polar surface area (TPSA) is 80.4 Å². The summed E-state index contributed by atoms with van der Waals surface area (Å²) in [5.74, 6) is -0.359. The van der Waals surface area contributed by atoms with E-state index < -0.39 is 10.0 Å². The van der Waals surface area contributed by atoms with Gasteiger partial charge in [-0.2, -0.15) is 0 Å². The lowest BCUT2D eigenvalue weighted by molar-refractivity contribution is 0.469. The summed E-state index contributed by atoms with van der Waals surface area (Å²) in [6.45, 7) is 3.69. The Morgan fingerprint density at radius 3 is 2.29 bits per heavy atom. The number of hydrogen-bond donors (Lipinski definition) is 2. The molecule has 0 heterocycles. The lowest BCUT2D eigenvalue weighted by Crippen LogP contribution is -2.14. The van der Waals surface area contributed by atoms with Gasteiger partial charge >= 0.3 is 0 Å². The smallest absolute Gasteiger partial charge is 0.213 e. The molecule has 0 amide bonds. The van der Waals surface area contributed by atoms with Crippen LogP contribution in [0.2, 0.25) is 0 Å². The Hall–Kier alpha value is -1.07. The second-order valence-corrected chi connectivity index (χ2v) is 4.99. The molecule has 0 aliphatic carbocycles. The molecule has 3 N–H and O–H groups in total. The lowest BCUT2D eigenvalue weighted by Gasteiger charge is -2.07. The van der Waals surface area contributed by atoms with E-state index in [0.717, 1.165) is 11.1 Å². The maximum absolute atomic E-state index is 10.8. The van der Waals surface area contributed by atoms with Crippen LogP contribution in [0.5, 0.6) is 5.75 Å². The van der Waals surface area contributed by atoms with Crippen LogP contribution in [0.15, 0.2) is 12.1 Å². The fourth-order valence-electron chi connectivity index (χ4n) is 1.19. The molecular weight excluding hydrogens is 202 g/mol. The van der Waals surface area contributed by atoms with Crippen molar-refractivity contribution < 1.29 is 13.5 Å². The summed E-state index contributed by atoms with van der Waals surface area (Å²) >= 11 is 0. The van der Waals surface area contributed by atoms with Gasteiger partial charge in [-0.05, 0) is 31.0 Å². The van der Waals surface area contributed by atoms with Crippen LogP contribution in [-0.4, -0.2) is 13.5 Å². The molecule has 0 saturated carbocycles. The van der Waals surface area contributed by atoms with Crippen molar-refractivity contribution in [1.82, 2.24) is 0 Å². The molecule has 1 aromatic rings. The molecule has 4 nitrogen and oxygen atoms in total. The van der Waals surface area contributed by atoms with Crippen LogP contribution in [0, 0.1) is 13.8 Å². The zero-order valence-electron chi connectivity index (χ0n) is 8.11. The quantitative estimate of drug-likeness (QED) is 0.765. The van der Waals surface area contributed by atoms with Crippen molar-refractivity contribution in [3.05, 3.63) is 28.8 Å². The molecule has 0 fully saturated rings. The summed E-state index contributed by atoms with van der Waals surface area (Å²) in [4.78, 5) is 0. The van der Waals surface area contributed by atoms with Crippen molar-refractivity contribution in [3.63, 3.8) is 0 Å². The van der Waals surface area contributed by atoms with Crippen LogP contribution in [0.3, 0.4) is 0 Å². The van der Waals surface area contributed by atoms with E-state index in [9.17, 15) is 13.5 Å². The molecule has 1 rings (SSSR count). The Labute approximate surface area is 83.4 Å². The molecule has 5 heteroatoms. The number of aromatic hydroxyl groups is 1. The van der Waals surface area contributed by atoms with Crippen LogP contribution in [0.1, 0.15) is 16.7 Å². The zero-order valence-corrected chi connectivity index (χ0v) is 8.93. The monoisotopic (exact) mass is 215 g/mol. The van der Waals surface area contributed by atoms with E-state index in [1.165, 1.54) is 6.07 Å². The van der Waals surface area contributed by atoms with Gasteiger partial charge in [0.1, 0.15) is 5.75 Å². The van der Waals surface area contributed by atoms with Gasteiger partial charge in [0.15, 0.2) is 0 Å². The minimum atomic E-state index is -3.59. The van der Waals surface area contributed by atoms with Gasteiger partial charge in [-0.25, -0.2) is 13.6 Å². The molecule has 0 radical (unpaired) electrons. The van der Waals surface area contributed by atoms with Gasteiger partial charge < -0.3 is 5.11 Å². The minimum Gasteiger partial charge on any atom is -0.508 e. The second-order valence-electron chi connectivity index (χ2n) is 3.37. The average Bonchev–Trinajstić information content (AvgIpc) is 1.97. The van der Waals surface area contributed by atoms with E-state index in [4.69, 9.17) is 5.14 Å². The lowest BCUT2D eigenvalue weighted by atomic mass is 10.1. The van der Waals surface area contributed by atoms with Crippen LogP contribution < -0.4 is 5.14 Å². The van der Waals surface area contributed by atoms with Gasteiger partial charge in [-0.1, -0.05) is 6.07 Å². The van der Waals surface area contributed by atoms with Gasteiger partial charge in [0, 0.05) is 5.56 Å². The van der Waals surface area contributed by atoms with E-state index in [0.29, 0.717) is 5.56 Å². The van der Waals surface area contributed by atoms with Gasteiger partial charge in [0.2, 0.25) is 10.0 Å². The first-order chi connectivity index (χ1) is 6.29. The van der Waals surface area contributed by atoms with Crippen LogP contribution in [0.4, 0.5) is 0 Å². The predicted molar refractivity (Wildman–Crippen MR) is 54.4 cm³/mol. The fraction of sp³-hybridized carbons (Fsp3) is 0.333. The third-order valence-electron chi connectivity index (χ3n) is 2.05. The molecule has 0 unspecified atom stereocenters. The summed E-state index contributed by atoms with van der Waals surface area (Å²) in [5.41, 5.74) is 2.19. The predicted octanol–water partition coefficient (Wildman–Crippen LogP) is 0.798. The molecule has 0 atom stereocenters. The highest BCUT2D eigenvalue weighted by Crippen LogP contribution is 2.22. The Morgan fingerprint density at radius 1 is 1.29 bits per heavy atom. The normalized spacial score (nSPS) is 11.6. The van der Waals surface area contributed by atoms with Gasteiger partial charge in [-0.15, -0.1) is 0 Å². The van der Waals surface area contributed by atoms with Crippen molar-refractivity contribution in [2.45, 2.75) is 19.6 Å². The number of aryl methyl sites for hydroxylation is 2. The number of phenolic OH excluding ortho intramolecular Hbond substituents is 1. The Bertz CT molecular complexity index is 451. The summed E-state index contributed by atoms with van der Waals surface area (Å²) in [6.07, 6.45) is 0. The summed E-state index contributed by atoms with van der Waals surface area (Å²) in [7, 11) is -3.59. The summed E-state index contributed by atoms with van der Waals surface area (Å²) in [5, 5.41) is 14.3. The highest BCUT2D eigenvalue weighted by Gasteiger charge is 2.10. The van der Waals surface area contributed by atoms with Gasteiger partial charge in [0.05, 0.1) is 5.75 Å². The van der Waals surface area contributed by atoms with Crippen LogP contribution >= 0.6 is 0 Å². The van der Waals surface area contributed by atoms with E-state index in [2.05, 4.69) is 0 Å². The number of phenols is 1. The number of rotatable bonds is 2. The van der Waals surface area contributed by atoms with E-state index in [1.54, 1.807) is 6.07 Å². The largest absolute Gasteiger partial charge is 0.508 e. The van der Waals surface area contributed by atoms with E-state index in [-0.39, 0.29) is 11.5 Å². The third kappa shape index (κ3) is 2.71. The Balaban J connectivity index is 3.17. The Morgan fingerprint density at radius 2 is 1.79 bits per heavy atom. The van der Waals surface area contributed by atoms with Crippen molar-refractivity contribution in [2.75, 3.05) is 0 Å². The van der Waals surface area contributed by atoms with Gasteiger partial charge in [-0.3, -0.25) is 0 Å². The highest BCUT2D eigenvalue weighted by molar-refractivity contribution is 7.88. The molecular formula is C9H13NO3S. The molecule has 0 aliphatic rings. The fourth-order valence-corrected chi connectivity index (χ4v) is 1.86. The standard InChI is InChI=1S/C9H13NO3S/c1-6-3-8(5-14(10,12)13)9(11)4-7(6)2/h3-4,11H,5H2,1-2H3,(H2,10,12,13). The Kier molecular flexibility index (Phi) is 2.82. The number of benzene rings is 1. The highest BCUT2D eigenvalue weighted by atomic mass is 32.2. The molecule has 0 aliphatic heterocycles. The number of nitrogens with two attached hydrogens (primary N) is 1. The SMILES string of the molecule is Cc1cc(O)c(CS(N)(=O)=O)cc1C.